The van der Waals surface area contributed by atoms with Gasteiger partial charge in [0.15, 0.2) is 0 Å². The molecule has 0 aliphatic heterocycles. The average Bonchev–Trinajstić information content (AvgIpc) is 2.92. The standard InChI is InChI=1S/C13H18N2O2/c1-4-11(12-6-5-7-16-12)14-8-13-15-9(2)10(3)17-13/h5-7,11,14H,4,8H2,1-3H3. The number of aryl methyl sites for hydroxylation is 2. The monoisotopic (exact) mass is 234 g/mol. The van der Waals surface area contributed by atoms with Gasteiger partial charge < -0.3 is 8.83 Å². The molecule has 4 nitrogen and oxygen atoms in total. The van der Waals surface area contributed by atoms with E-state index in [0.717, 1.165) is 29.5 Å². The Balaban J connectivity index is 1.97. The largest absolute Gasteiger partial charge is 0.468 e. The Morgan fingerprint density at radius 3 is 2.76 bits per heavy atom. The van der Waals surface area contributed by atoms with Crippen LogP contribution < -0.4 is 5.32 Å². The number of nitrogens with zero attached hydrogens (tertiary/aromatic N) is 1. The minimum Gasteiger partial charge on any atom is -0.468 e. The molecule has 2 heterocycles. The molecular weight excluding hydrogens is 216 g/mol. The summed E-state index contributed by atoms with van der Waals surface area (Å²) in [7, 11) is 0. The van der Waals surface area contributed by atoms with Crippen LogP contribution in [-0.2, 0) is 6.54 Å². The second-order valence-corrected chi connectivity index (χ2v) is 4.11. The number of aromatic nitrogens is 1. The Morgan fingerprint density at radius 2 is 2.24 bits per heavy atom. The van der Waals surface area contributed by atoms with E-state index in [1.165, 1.54) is 0 Å². The molecule has 0 aliphatic rings. The van der Waals surface area contributed by atoms with Crippen LogP contribution in [0.25, 0.3) is 0 Å². The maximum atomic E-state index is 5.52. The summed E-state index contributed by atoms with van der Waals surface area (Å²) in [5, 5.41) is 3.38. The smallest absolute Gasteiger partial charge is 0.208 e. The number of rotatable bonds is 5. The maximum absolute atomic E-state index is 5.52. The van der Waals surface area contributed by atoms with Crippen LogP contribution in [0.3, 0.4) is 0 Å². The minimum absolute atomic E-state index is 0.206. The Labute approximate surface area is 101 Å². The summed E-state index contributed by atoms with van der Waals surface area (Å²) in [6.45, 7) is 6.61. The summed E-state index contributed by atoms with van der Waals surface area (Å²) in [5.41, 5.74) is 0.952. The molecule has 0 bridgehead atoms. The van der Waals surface area contributed by atoms with E-state index in [0.29, 0.717) is 6.54 Å². The first-order valence-electron chi connectivity index (χ1n) is 5.90. The molecule has 4 heteroatoms. The lowest BCUT2D eigenvalue weighted by Gasteiger charge is -2.12. The van der Waals surface area contributed by atoms with Crippen molar-refractivity contribution in [3.05, 3.63) is 41.5 Å². The Hall–Kier alpha value is -1.55. The summed E-state index contributed by atoms with van der Waals surface area (Å²) < 4.78 is 10.9. The van der Waals surface area contributed by atoms with E-state index in [9.17, 15) is 0 Å². The summed E-state index contributed by atoms with van der Waals surface area (Å²) in [4.78, 5) is 4.34. The van der Waals surface area contributed by atoms with E-state index in [1.54, 1.807) is 6.26 Å². The average molecular weight is 234 g/mol. The predicted octanol–water partition coefficient (Wildman–Crippen LogP) is 3.13. The Morgan fingerprint density at radius 1 is 1.41 bits per heavy atom. The van der Waals surface area contributed by atoms with E-state index in [4.69, 9.17) is 8.83 Å². The molecule has 1 atom stereocenters. The van der Waals surface area contributed by atoms with Crippen LogP contribution in [0.1, 0.15) is 42.5 Å². The lowest BCUT2D eigenvalue weighted by atomic mass is 10.2. The lowest BCUT2D eigenvalue weighted by molar-refractivity contribution is 0.375. The predicted molar refractivity (Wildman–Crippen MR) is 64.6 cm³/mol. The van der Waals surface area contributed by atoms with Crippen LogP contribution >= 0.6 is 0 Å². The van der Waals surface area contributed by atoms with Gasteiger partial charge in [-0.05, 0) is 32.4 Å². The number of furan rings is 1. The summed E-state index contributed by atoms with van der Waals surface area (Å²) in [5.74, 6) is 2.56. The first-order chi connectivity index (χ1) is 8.20. The molecule has 0 saturated carbocycles. The highest BCUT2D eigenvalue weighted by atomic mass is 16.4. The van der Waals surface area contributed by atoms with Crippen molar-refractivity contribution < 1.29 is 8.83 Å². The molecule has 0 saturated heterocycles. The highest BCUT2D eigenvalue weighted by Crippen LogP contribution is 2.17. The van der Waals surface area contributed by atoms with Crippen molar-refractivity contribution in [1.82, 2.24) is 10.3 Å². The van der Waals surface area contributed by atoms with Crippen LogP contribution in [0.15, 0.2) is 27.2 Å². The molecule has 0 aromatic carbocycles. The molecule has 0 radical (unpaired) electrons. The van der Waals surface area contributed by atoms with Crippen molar-refractivity contribution in [1.29, 1.82) is 0 Å². The Bertz CT molecular complexity index is 440. The molecule has 0 spiro atoms. The molecule has 2 rings (SSSR count). The van der Waals surface area contributed by atoms with Gasteiger partial charge in [-0.25, -0.2) is 4.98 Å². The molecule has 0 amide bonds. The molecular formula is C13H18N2O2. The fourth-order valence-electron chi connectivity index (χ4n) is 1.76. The van der Waals surface area contributed by atoms with Crippen LogP contribution in [-0.4, -0.2) is 4.98 Å². The zero-order valence-electron chi connectivity index (χ0n) is 10.5. The van der Waals surface area contributed by atoms with E-state index in [2.05, 4.69) is 17.2 Å². The van der Waals surface area contributed by atoms with Crippen molar-refractivity contribution >= 4 is 0 Å². The number of nitrogens with one attached hydrogen (secondary N) is 1. The summed E-state index contributed by atoms with van der Waals surface area (Å²) in [6, 6.07) is 4.09. The third-order valence-electron chi connectivity index (χ3n) is 2.87. The van der Waals surface area contributed by atoms with Gasteiger partial charge in [0.2, 0.25) is 5.89 Å². The van der Waals surface area contributed by atoms with Crippen LogP contribution in [0.5, 0.6) is 0 Å². The quantitative estimate of drug-likeness (QED) is 0.863. The Kier molecular flexibility index (Phi) is 3.64. The first-order valence-corrected chi connectivity index (χ1v) is 5.90. The van der Waals surface area contributed by atoms with Gasteiger partial charge in [0, 0.05) is 0 Å². The molecule has 2 aromatic heterocycles. The van der Waals surface area contributed by atoms with Gasteiger partial charge in [0.05, 0.1) is 24.5 Å². The minimum atomic E-state index is 0.206. The van der Waals surface area contributed by atoms with Gasteiger partial charge >= 0.3 is 0 Å². The van der Waals surface area contributed by atoms with Crippen molar-refractivity contribution in [3.63, 3.8) is 0 Å². The van der Waals surface area contributed by atoms with Gasteiger partial charge in [-0.1, -0.05) is 6.92 Å². The molecule has 92 valence electrons. The van der Waals surface area contributed by atoms with Crippen molar-refractivity contribution in [2.24, 2.45) is 0 Å². The van der Waals surface area contributed by atoms with E-state index < -0.39 is 0 Å². The van der Waals surface area contributed by atoms with Gasteiger partial charge in [-0.3, -0.25) is 5.32 Å². The van der Waals surface area contributed by atoms with Gasteiger partial charge in [0.25, 0.3) is 0 Å². The lowest BCUT2D eigenvalue weighted by Crippen LogP contribution is -2.19. The highest BCUT2D eigenvalue weighted by Gasteiger charge is 2.13. The molecule has 0 aliphatic carbocycles. The van der Waals surface area contributed by atoms with Crippen molar-refractivity contribution in [2.45, 2.75) is 39.8 Å². The van der Waals surface area contributed by atoms with Gasteiger partial charge in [-0.2, -0.15) is 0 Å². The fraction of sp³-hybridized carbons (Fsp3) is 0.462. The maximum Gasteiger partial charge on any atom is 0.208 e. The highest BCUT2D eigenvalue weighted by molar-refractivity contribution is 5.07. The van der Waals surface area contributed by atoms with Crippen LogP contribution in [0, 0.1) is 13.8 Å². The summed E-state index contributed by atoms with van der Waals surface area (Å²) >= 11 is 0. The summed E-state index contributed by atoms with van der Waals surface area (Å²) in [6.07, 6.45) is 2.66. The molecule has 1 unspecified atom stereocenters. The number of hydrogen-bond donors (Lipinski definition) is 1. The van der Waals surface area contributed by atoms with Crippen molar-refractivity contribution in [3.8, 4) is 0 Å². The van der Waals surface area contributed by atoms with E-state index in [1.807, 2.05) is 26.0 Å². The normalized spacial score (nSPS) is 12.9. The first kappa shape index (κ1) is 11.9. The zero-order valence-corrected chi connectivity index (χ0v) is 10.5. The van der Waals surface area contributed by atoms with Crippen molar-refractivity contribution in [2.75, 3.05) is 0 Å². The van der Waals surface area contributed by atoms with E-state index in [-0.39, 0.29) is 6.04 Å². The molecule has 0 fully saturated rings. The van der Waals surface area contributed by atoms with Crippen LogP contribution in [0.2, 0.25) is 0 Å². The second kappa shape index (κ2) is 5.19. The van der Waals surface area contributed by atoms with Gasteiger partial charge in [0.1, 0.15) is 11.5 Å². The van der Waals surface area contributed by atoms with E-state index >= 15 is 0 Å². The number of oxazole rings is 1. The second-order valence-electron chi connectivity index (χ2n) is 4.11. The van der Waals surface area contributed by atoms with Gasteiger partial charge in [-0.15, -0.1) is 0 Å². The number of hydrogen-bond acceptors (Lipinski definition) is 4. The topological polar surface area (TPSA) is 51.2 Å². The molecule has 2 aromatic rings. The fourth-order valence-corrected chi connectivity index (χ4v) is 1.76. The molecule has 1 N–H and O–H groups in total. The third-order valence-corrected chi connectivity index (χ3v) is 2.87. The molecule has 17 heavy (non-hydrogen) atoms. The third kappa shape index (κ3) is 2.77. The zero-order chi connectivity index (χ0) is 12.3. The SMILES string of the molecule is CCC(NCc1nc(C)c(C)o1)c1ccco1. The van der Waals surface area contributed by atoms with Crippen LogP contribution in [0.4, 0.5) is 0 Å².